The van der Waals surface area contributed by atoms with Gasteiger partial charge in [0.2, 0.25) is 0 Å². The van der Waals surface area contributed by atoms with Crippen LogP contribution in [0.5, 0.6) is 0 Å². The molecule has 11 nitrogen and oxygen atoms in total. The van der Waals surface area contributed by atoms with Crippen LogP contribution in [0.3, 0.4) is 0 Å². The number of hydrogen-bond acceptors (Lipinski definition) is 11. The molecule has 0 aliphatic carbocycles. The third-order valence-electron chi connectivity index (χ3n) is 11.9. The van der Waals surface area contributed by atoms with E-state index in [4.69, 9.17) is 52.1 Å². The molecule has 0 amide bonds. The van der Waals surface area contributed by atoms with E-state index in [-0.39, 0.29) is 13.2 Å². The van der Waals surface area contributed by atoms with Gasteiger partial charge in [0, 0.05) is 14.2 Å². The highest BCUT2D eigenvalue weighted by molar-refractivity contribution is 5.18. The van der Waals surface area contributed by atoms with Gasteiger partial charge in [0.25, 0.3) is 0 Å². The Labute approximate surface area is 394 Å². The van der Waals surface area contributed by atoms with Gasteiger partial charge < -0.3 is 52.1 Å². The van der Waals surface area contributed by atoms with E-state index in [9.17, 15) is 0 Å². The van der Waals surface area contributed by atoms with Crippen molar-refractivity contribution in [2.75, 3.05) is 27.4 Å². The summed E-state index contributed by atoms with van der Waals surface area (Å²) in [6.45, 7) is 2.09. The Morgan fingerprint density at radius 2 is 0.522 bits per heavy atom. The number of benzene rings is 6. The van der Waals surface area contributed by atoms with Gasteiger partial charge in [-0.1, -0.05) is 182 Å². The normalized spacial score (nSPS) is 25.2. The highest BCUT2D eigenvalue weighted by atomic mass is 16.7. The average Bonchev–Trinajstić information content (AvgIpc) is 3.39. The first-order valence-electron chi connectivity index (χ1n) is 23.0. The summed E-state index contributed by atoms with van der Waals surface area (Å²) < 4.78 is 73.0. The van der Waals surface area contributed by atoms with E-state index in [1.54, 1.807) is 14.2 Å². The molecule has 0 aromatic heterocycles. The van der Waals surface area contributed by atoms with Crippen molar-refractivity contribution >= 4 is 0 Å². The smallest absolute Gasteiger partial charge is 0.186 e. The topological polar surface area (TPSA) is 102 Å². The molecular weight excluding hydrogens is 849 g/mol. The maximum absolute atomic E-state index is 6.84. The Morgan fingerprint density at radius 1 is 0.299 bits per heavy atom. The molecule has 0 N–H and O–H groups in total. The minimum atomic E-state index is -0.807. The van der Waals surface area contributed by atoms with Crippen LogP contribution < -0.4 is 0 Å². The number of ether oxygens (including phenoxy) is 11. The summed E-state index contributed by atoms with van der Waals surface area (Å²) in [5, 5.41) is 0. The van der Waals surface area contributed by atoms with Gasteiger partial charge in [-0.25, -0.2) is 0 Å². The van der Waals surface area contributed by atoms with Crippen LogP contribution in [0, 0.1) is 0 Å². The van der Waals surface area contributed by atoms with E-state index in [0.717, 1.165) is 33.4 Å². The monoisotopic (exact) mass is 910 g/mol. The fraction of sp³-hybridized carbons (Fsp3) is 0.357. The third kappa shape index (κ3) is 14.0. The maximum Gasteiger partial charge on any atom is 0.186 e. The van der Waals surface area contributed by atoms with Gasteiger partial charge in [-0.3, -0.25) is 0 Å². The molecule has 0 saturated carbocycles. The Balaban J connectivity index is 1.06. The molecule has 8 rings (SSSR count). The second kappa shape index (κ2) is 25.9. The number of rotatable bonds is 24. The zero-order valence-corrected chi connectivity index (χ0v) is 38.2. The molecule has 352 valence electrons. The fourth-order valence-corrected chi connectivity index (χ4v) is 8.44. The highest BCUT2D eigenvalue weighted by Crippen LogP contribution is 2.34. The van der Waals surface area contributed by atoms with E-state index >= 15 is 0 Å². The predicted molar refractivity (Wildman–Crippen MR) is 252 cm³/mol. The van der Waals surface area contributed by atoms with Crippen LogP contribution in [-0.4, -0.2) is 88.8 Å². The van der Waals surface area contributed by atoms with Crippen LogP contribution in [0.15, 0.2) is 182 Å². The lowest BCUT2D eigenvalue weighted by atomic mass is 9.97. The molecule has 2 aliphatic heterocycles. The zero-order chi connectivity index (χ0) is 45.9. The van der Waals surface area contributed by atoms with E-state index in [2.05, 4.69) is 0 Å². The van der Waals surface area contributed by atoms with Crippen LogP contribution in [0.25, 0.3) is 0 Å². The number of hydrogen-bond donors (Lipinski definition) is 0. The van der Waals surface area contributed by atoms with Crippen molar-refractivity contribution in [1.82, 2.24) is 0 Å². The van der Waals surface area contributed by atoms with Crippen LogP contribution in [0.2, 0.25) is 0 Å². The second-order valence-electron chi connectivity index (χ2n) is 16.7. The quantitative estimate of drug-likeness (QED) is 0.0581. The summed E-state index contributed by atoms with van der Waals surface area (Å²) in [6, 6.07) is 60.2. The molecule has 2 aliphatic rings. The minimum Gasteiger partial charge on any atom is -0.376 e. The van der Waals surface area contributed by atoms with Gasteiger partial charge in [-0.05, 0) is 33.4 Å². The van der Waals surface area contributed by atoms with Crippen molar-refractivity contribution in [3.63, 3.8) is 0 Å². The van der Waals surface area contributed by atoms with Gasteiger partial charge in [0.1, 0.15) is 48.8 Å². The van der Waals surface area contributed by atoms with E-state index in [1.165, 1.54) is 0 Å². The van der Waals surface area contributed by atoms with Gasteiger partial charge in [0.05, 0.1) is 52.9 Å². The SMILES string of the molecule is COC1OC(COCC2OC(OC)C(OCc3ccccc3)C(OCc3ccccc3)C2OCc2ccccc2)C(OCc2ccccc2)C(OCc2ccccc2)C1OCc1ccccc1. The fourth-order valence-electron chi connectivity index (χ4n) is 8.44. The summed E-state index contributed by atoms with van der Waals surface area (Å²) in [4.78, 5) is 0. The molecule has 11 heteroatoms. The molecule has 10 atom stereocenters. The van der Waals surface area contributed by atoms with Crippen molar-refractivity contribution in [1.29, 1.82) is 0 Å². The molecule has 2 heterocycles. The van der Waals surface area contributed by atoms with Gasteiger partial charge >= 0.3 is 0 Å². The molecule has 10 unspecified atom stereocenters. The zero-order valence-electron chi connectivity index (χ0n) is 38.2. The van der Waals surface area contributed by atoms with Crippen LogP contribution in [0.1, 0.15) is 33.4 Å². The third-order valence-corrected chi connectivity index (χ3v) is 11.9. The molecule has 0 spiro atoms. The lowest BCUT2D eigenvalue weighted by Crippen LogP contribution is -2.62. The first-order valence-corrected chi connectivity index (χ1v) is 23.0. The van der Waals surface area contributed by atoms with Crippen molar-refractivity contribution in [3.8, 4) is 0 Å². The van der Waals surface area contributed by atoms with Crippen molar-refractivity contribution in [2.45, 2.75) is 101 Å². The van der Waals surface area contributed by atoms with Crippen LogP contribution in [0.4, 0.5) is 0 Å². The van der Waals surface area contributed by atoms with E-state index in [0.29, 0.717) is 39.6 Å². The maximum atomic E-state index is 6.84. The van der Waals surface area contributed by atoms with Crippen LogP contribution in [-0.2, 0) is 91.7 Å². The van der Waals surface area contributed by atoms with Crippen molar-refractivity contribution in [2.24, 2.45) is 0 Å². The highest BCUT2D eigenvalue weighted by Gasteiger charge is 2.51. The Bertz CT molecular complexity index is 2080. The second-order valence-corrected chi connectivity index (χ2v) is 16.7. The van der Waals surface area contributed by atoms with E-state index < -0.39 is 61.4 Å². The summed E-state index contributed by atoms with van der Waals surface area (Å²) in [5.41, 5.74) is 6.05. The van der Waals surface area contributed by atoms with Crippen LogP contribution >= 0.6 is 0 Å². The van der Waals surface area contributed by atoms with Crippen molar-refractivity contribution in [3.05, 3.63) is 215 Å². The van der Waals surface area contributed by atoms with Gasteiger partial charge in [-0.2, -0.15) is 0 Å². The Kier molecular flexibility index (Phi) is 18.7. The molecule has 0 bridgehead atoms. The lowest BCUT2D eigenvalue weighted by Gasteiger charge is -2.46. The molecule has 67 heavy (non-hydrogen) atoms. The standard InChI is InChI=1S/C56H62O11/c1-57-55-53(64-37-45-29-17-7-18-30-45)51(62-35-43-25-13-5-14-26-43)49(60-33-41-21-9-3-10-22-41)47(66-55)39-59-40-48-50(61-34-42-23-11-4-12-24-42)52(63-36-44-27-15-6-16-28-44)54(56(58-2)67-48)65-38-46-31-19-8-20-32-46/h3-32,47-56H,33-40H2,1-2H3. The van der Waals surface area contributed by atoms with Gasteiger partial charge in [-0.15, -0.1) is 0 Å². The summed E-state index contributed by atoms with van der Waals surface area (Å²) in [5.74, 6) is 0. The molecular formula is C56H62O11. The first-order chi connectivity index (χ1) is 33.1. The first kappa shape index (κ1) is 48.3. The van der Waals surface area contributed by atoms with Gasteiger partial charge in [0.15, 0.2) is 12.6 Å². The molecule has 2 fully saturated rings. The predicted octanol–water partition coefficient (Wildman–Crippen LogP) is 9.26. The molecule has 6 aromatic carbocycles. The average molecular weight is 911 g/mol. The Morgan fingerprint density at radius 3 is 0.761 bits per heavy atom. The molecule has 2 saturated heterocycles. The molecule has 0 radical (unpaired) electrons. The Hall–Kier alpha value is -5.12. The van der Waals surface area contributed by atoms with E-state index in [1.807, 2.05) is 182 Å². The molecule has 6 aromatic rings. The summed E-state index contributed by atoms with van der Waals surface area (Å²) >= 11 is 0. The summed E-state index contributed by atoms with van der Waals surface area (Å²) in [7, 11) is 3.23. The summed E-state index contributed by atoms with van der Waals surface area (Å²) in [6.07, 6.45) is -6.74. The minimum absolute atomic E-state index is 0.0995. The lowest BCUT2D eigenvalue weighted by molar-refractivity contribution is -0.332. The van der Waals surface area contributed by atoms with Crippen molar-refractivity contribution < 1.29 is 52.1 Å². The number of methoxy groups -OCH3 is 2. The largest absolute Gasteiger partial charge is 0.376 e.